The fraction of sp³-hybridized carbons (Fsp3) is 0.438. The monoisotopic (exact) mass is 330 g/mol. The molecule has 128 valence electrons. The van der Waals surface area contributed by atoms with Crippen molar-refractivity contribution in [3.8, 4) is 5.75 Å². The van der Waals surface area contributed by atoms with Gasteiger partial charge < -0.3 is 20.3 Å². The van der Waals surface area contributed by atoms with E-state index >= 15 is 0 Å². The number of hydrogen-bond acceptors (Lipinski definition) is 6. The highest BCUT2D eigenvalue weighted by Crippen LogP contribution is 2.14. The van der Waals surface area contributed by atoms with Gasteiger partial charge in [-0.25, -0.2) is 5.10 Å². The van der Waals surface area contributed by atoms with E-state index < -0.39 is 0 Å². The van der Waals surface area contributed by atoms with Crippen LogP contribution in [0.5, 0.6) is 5.75 Å². The number of nitrogens with zero attached hydrogens (tertiary/aromatic N) is 4. The molecule has 0 atom stereocenters. The molecule has 1 aromatic heterocycles. The normalized spacial score (nSPS) is 14.7. The van der Waals surface area contributed by atoms with Crippen molar-refractivity contribution in [3.63, 3.8) is 0 Å². The van der Waals surface area contributed by atoms with E-state index in [4.69, 9.17) is 10.5 Å². The molecule has 0 spiro atoms. The molecule has 1 aliphatic rings. The van der Waals surface area contributed by atoms with Crippen LogP contribution >= 0.6 is 0 Å². The number of carbonyl (C=O) groups excluding carboxylic acids is 1. The first-order valence-electron chi connectivity index (χ1n) is 8.06. The number of rotatable bonds is 6. The minimum atomic E-state index is 0.142. The Kier molecular flexibility index (Phi) is 5.27. The van der Waals surface area contributed by atoms with Gasteiger partial charge in [0.1, 0.15) is 18.7 Å². The summed E-state index contributed by atoms with van der Waals surface area (Å²) >= 11 is 0. The maximum absolute atomic E-state index is 12.4. The van der Waals surface area contributed by atoms with Crippen LogP contribution in [0.15, 0.2) is 30.6 Å². The third kappa shape index (κ3) is 4.02. The summed E-state index contributed by atoms with van der Waals surface area (Å²) < 4.78 is 5.44. The number of hydrogen-bond donors (Lipinski definition) is 2. The minimum Gasteiger partial charge on any atom is -0.492 e. The van der Waals surface area contributed by atoms with Crippen molar-refractivity contribution in [2.45, 2.75) is 6.42 Å². The van der Waals surface area contributed by atoms with E-state index in [2.05, 4.69) is 20.1 Å². The standard InChI is InChI=1S/C16H22N6O2/c17-5-10-24-14-3-1-13(2-4-14)11-15(23)21-6-8-22(9-7-21)16-18-12-19-20-16/h1-4,12H,5-11,17H2,(H,18,19,20). The van der Waals surface area contributed by atoms with Gasteiger partial charge in [-0.1, -0.05) is 12.1 Å². The SMILES string of the molecule is NCCOc1ccc(CC(=O)N2CCN(c3ncn[nH]3)CC2)cc1. The predicted molar refractivity (Wildman–Crippen MR) is 89.9 cm³/mol. The number of piperazine rings is 1. The van der Waals surface area contributed by atoms with Crippen LogP contribution in [0.1, 0.15) is 5.56 Å². The average molecular weight is 330 g/mol. The Morgan fingerprint density at radius 3 is 2.58 bits per heavy atom. The molecule has 0 saturated carbocycles. The fourth-order valence-electron chi connectivity index (χ4n) is 2.69. The van der Waals surface area contributed by atoms with Crippen LogP contribution in [0.2, 0.25) is 0 Å². The molecule has 0 bridgehead atoms. The molecule has 0 aliphatic carbocycles. The summed E-state index contributed by atoms with van der Waals surface area (Å²) in [6.07, 6.45) is 1.90. The number of anilines is 1. The lowest BCUT2D eigenvalue weighted by Gasteiger charge is -2.34. The van der Waals surface area contributed by atoms with Crippen molar-refractivity contribution in [3.05, 3.63) is 36.2 Å². The molecule has 24 heavy (non-hydrogen) atoms. The molecule has 0 unspecified atom stereocenters. The number of carbonyl (C=O) groups is 1. The van der Waals surface area contributed by atoms with Crippen LogP contribution in [0.25, 0.3) is 0 Å². The maximum Gasteiger partial charge on any atom is 0.227 e. The van der Waals surface area contributed by atoms with E-state index in [1.165, 1.54) is 6.33 Å². The van der Waals surface area contributed by atoms with Gasteiger partial charge in [0.2, 0.25) is 11.9 Å². The molecule has 1 aromatic carbocycles. The van der Waals surface area contributed by atoms with E-state index in [0.717, 1.165) is 30.4 Å². The van der Waals surface area contributed by atoms with Crippen LogP contribution in [-0.2, 0) is 11.2 Å². The van der Waals surface area contributed by atoms with E-state index in [-0.39, 0.29) is 5.91 Å². The zero-order valence-electron chi connectivity index (χ0n) is 13.5. The smallest absolute Gasteiger partial charge is 0.227 e. The van der Waals surface area contributed by atoms with Crippen molar-refractivity contribution in [1.29, 1.82) is 0 Å². The molecule has 1 amide bonds. The molecule has 1 fully saturated rings. The van der Waals surface area contributed by atoms with Gasteiger partial charge in [-0.15, -0.1) is 0 Å². The Morgan fingerprint density at radius 1 is 1.21 bits per heavy atom. The van der Waals surface area contributed by atoms with E-state index in [9.17, 15) is 4.79 Å². The highest BCUT2D eigenvalue weighted by atomic mass is 16.5. The van der Waals surface area contributed by atoms with Gasteiger partial charge in [-0.05, 0) is 17.7 Å². The summed E-state index contributed by atoms with van der Waals surface area (Å²) in [6, 6.07) is 7.60. The number of nitrogens with two attached hydrogens (primary N) is 1. The molecule has 3 N–H and O–H groups in total. The molecule has 3 rings (SSSR count). The van der Waals surface area contributed by atoms with Gasteiger partial charge >= 0.3 is 0 Å². The van der Waals surface area contributed by atoms with E-state index in [1.54, 1.807) is 0 Å². The number of aromatic nitrogens is 3. The number of amides is 1. The summed E-state index contributed by atoms with van der Waals surface area (Å²) in [5.41, 5.74) is 6.39. The predicted octanol–water partition coefficient (Wildman–Crippen LogP) is 0.0335. The highest BCUT2D eigenvalue weighted by Gasteiger charge is 2.22. The van der Waals surface area contributed by atoms with Crippen LogP contribution in [0.4, 0.5) is 5.95 Å². The highest BCUT2D eigenvalue weighted by molar-refractivity contribution is 5.79. The molecule has 2 heterocycles. The maximum atomic E-state index is 12.4. The molecule has 0 radical (unpaired) electrons. The number of ether oxygens (including phenoxy) is 1. The van der Waals surface area contributed by atoms with Crippen LogP contribution < -0.4 is 15.4 Å². The Hall–Kier alpha value is -2.61. The largest absolute Gasteiger partial charge is 0.492 e. The van der Waals surface area contributed by atoms with E-state index in [0.29, 0.717) is 32.7 Å². The molecular formula is C16H22N6O2. The Morgan fingerprint density at radius 2 is 1.96 bits per heavy atom. The van der Waals surface area contributed by atoms with Crippen molar-refractivity contribution in [1.82, 2.24) is 20.1 Å². The minimum absolute atomic E-state index is 0.142. The topological polar surface area (TPSA) is 100 Å². The third-order valence-electron chi connectivity index (χ3n) is 4.00. The van der Waals surface area contributed by atoms with Crippen molar-refractivity contribution >= 4 is 11.9 Å². The first-order valence-corrected chi connectivity index (χ1v) is 8.06. The number of H-pyrrole nitrogens is 1. The van der Waals surface area contributed by atoms with Crippen LogP contribution in [0, 0.1) is 0 Å². The third-order valence-corrected chi connectivity index (χ3v) is 4.00. The number of nitrogens with one attached hydrogen (secondary N) is 1. The zero-order chi connectivity index (χ0) is 16.8. The van der Waals surface area contributed by atoms with Crippen molar-refractivity contribution < 1.29 is 9.53 Å². The Balaban J connectivity index is 1.49. The summed E-state index contributed by atoms with van der Waals surface area (Å²) in [5.74, 6) is 1.68. The first-order chi connectivity index (χ1) is 11.8. The van der Waals surface area contributed by atoms with Gasteiger partial charge in [-0.3, -0.25) is 4.79 Å². The molecule has 1 saturated heterocycles. The molecule has 1 aliphatic heterocycles. The molecule has 2 aromatic rings. The Labute approximate surface area is 140 Å². The quantitative estimate of drug-likeness (QED) is 0.775. The summed E-state index contributed by atoms with van der Waals surface area (Å²) in [6.45, 7) is 3.88. The second-order valence-corrected chi connectivity index (χ2v) is 5.63. The van der Waals surface area contributed by atoms with Gasteiger partial charge in [0.25, 0.3) is 0 Å². The van der Waals surface area contributed by atoms with Gasteiger partial charge in [0.15, 0.2) is 0 Å². The van der Waals surface area contributed by atoms with Crippen molar-refractivity contribution in [2.24, 2.45) is 5.73 Å². The van der Waals surface area contributed by atoms with Crippen molar-refractivity contribution in [2.75, 3.05) is 44.2 Å². The number of aromatic amines is 1. The number of benzene rings is 1. The summed E-state index contributed by atoms with van der Waals surface area (Å²) in [4.78, 5) is 20.6. The van der Waals surface area contributed by atoms with Gasteiger partial charge in [0, 0.05) is 32.7 Å². The molecular weight excluding hydrogens is 308 g/mol. The Bertz CT molecular complexity index is 635. The van der Waals surface area contributed by atoms with Gasteiger partial charge in [-0.2, -0.15) is 10.1 Å². The van der Waals surface area contributed by atoms with E-state index in [1.807, 2.05) is 29.2 Å². The molecule has 8 heteroatoms. The fourth-order valence-corrected chi connectivity index (χ4v) is 2.69. The summed E-state index contributed by atoms with van der Waals surface area (Å²) in [5, 5.41) is 6.71. The zero-order valence-corrected chi connectivity index (χ0v) is 13.5. The lowest BCUT2D eigenvalue weighted by atomic mass is 10.1. The first kappa shape index (κ1) is 16.3. The average Bonchev–Trinajstić information content (AvgIpc) is 3.16. The second-order valence-electron chi connectivity index (χ2n) is 5.63. The molecule has 8 nitrogen and oxygen atoms in total. The van der Waals surface area contributed by atoms with Crippen LogP contribution in [-0.4, -0.2) is 65.3 Å². The second kappa shape index (κ2) is 7.78. The van der Waals surface area contributed by atoms with Gasteiger partial charge in [0.05, 0.1) is 6.42 Å². The summed E-state index contributed by atoms with van der Waals surface area (Å²) in [7, 11) is 0. The van der Waals surface area contributed by atoms with Crippen LogP contribution in [0.3, 0.4) is 0 Å². The lowest BCUT2D eigenvalue weighted by molar-refractivity contribution is -0.130. The lowest BCUT2D eigenvalue weighted by Crippen LogP contribution is -2.49.